The third-order valence-corrected chi connectivity index (χ3v) is 3.95. The number of esters is 1. The highest BCUT2D eigenvalue weighted by Gasteiger charge is 2.22. The van der Waals surface area contributed by atoms with Gasteiger partial charge in [0.2, 0.25) is 5.78 Å². The topological polar surface area (TPSA) is 56.3 Å². The van der Waals surface area contributed by atoms with E-state index in [1.807, 2.05) is 32.9 Å². The first-order valence-corrected chi connectivity index (χ1v) is 7.62. The molecule has 0 bridgehead atoms. The second-order valence-electron chi connectivity index (χ2n) is 5.53. The zero-order valence-corrected chi connectivity index (χ0v) is 14.3. The van der Waals surface area contributed by atoms with Gasteiger partial charge >= 0.3 is 5.97 Å². The van der Waals surface area contributed by atoms with Gasteiger partial charge in [-0.25, -0.2) is 9.78 Å². The number of hydrogen-bond donors (Lipinski definition) is 0. The number of aromatic nitrogens is 1. The molecule has 23 heavy (non-hydrogen) atoms. The number of aryl methyl sites for hydroxylation is 3. The maximum absolute atomic E-state index is 12.5. The number of rotatable bonds is 4. The Morgan fingerprint density at radius 2 is 1.74 bits per heavy atom. The molecule has 0 fully saturated rings. The Hall–Kier alpha value is -2.20. The maximum Gasteiger partial charge on any atom is 0.340 e. The first kappa shape index (κ1) is 17.2. The molecule has 0 saturated carbocycles. The summed E-state index contributed by atoms with van der Waals surface area (Å²) in [5, 5.41) is 0.288. The quantitative estimate of drug-likeness (QED) is 0.481. The number of ether oxygens (including phenoxy) is 1. The molecular formula is C18H18ClNO3. The molecule has 120 valence electrons. The largest absolute Gasteiger partial charge is 0.451 e. The van der Waals surface area contributed by atoms with Gasteiger partial charge < -0.3 is 4.74 Å². The molecule has 0 unspecified atom stereocenters. The molecule has 0 N–H and O–H groups in total. The summed E-state index contributed by atoms with van der Waals surface area (Å²) in [5.74, 6) is -0.822. The van der Waals surface area contributed by atoms with Gasteiger partial charge in [0, 0.05) is 11.8 Å². The number of halogens is 1. The number of nitrogens with zero attached hydrogens (tertiary/aromatic N) is 1. The van der Waals surface area contributed by atoms with Gasteiger partial charge in [-0.2, -0.15) is 0 Å². The lowest BCUT2D eigenvalue weighted by Crippen LogP contribution is -2.25. The Morgan fingerprint density at radius 3 is 2.35 bits per heavy atom. The molecule has 2 rings (SSSR count). The number of pyridine rings is 1. The van der Waals surface area contributed by atoms with E-state index in [2.05, 4.69) is 4.98 Å². The molecule has 2 aromatic rings. The van der Waals surface area contributed by atoms with Crippen LogP contribution in [0.4, 0.5) is 0 Å². The molecular weight excluding hydrogens is 314 g/mol. The van der Waals surface area contributed by atoms with E-state index in [0.717, 1.165) is 16.7 Å². The van der Waals surface area contributed by atoms with Crippen LogP contribution in [0.3, 0.4) is 0 Å². The van der Waals surface area contributed by atoms with Crippen LogP contribution in [0.1, 0.15) is 44.3 Å². The fourth-order valence-electron chi connectivity index (χ4n) is 2.22. The normalized spacial score (nSPS) is 11.9. The van der Waals surface area contributed by atoms with E-state index >= 15 is 0 Å². The maximum atomic E-state index is 12.5. The first-order valence-electron chi connectivity index (χ1n) is 7.24. The summed E-state index contributed by atoms with van der Waals surface area (Å²) in [7, 11) is 0. The zero-order valence-electron chi connectivity index (χ0n) is 13.5. The lowest BCUT2D eigenvalue weighted by atomic mass is 9.96. The Balaban J connectivity index is 2.15. The Morgan fingerprint density at radius 1 is 1.09 bits per heavy atom. The van der Waals surface area contributed by atoms with Crippen molar-refractivity contribution < 1.29 is 14.3 Å². The van der Waals surface area contributed by atoms with Crippen LogP contribution in [-0.4, -0.2) is 22.8 Å². The Labute approximate surface area is 140 Å². The molecule has 0 saturated heterocycles. The fourth-order valence-corrected chi connectivity index (χ4v) is 2.34. The van der Waals surface area contributed by atoms with Crippen molar-refractivity contribution in [3.05, 3.63) is 63.4 Å². The number of hydrogen-bond acceptors (Lipinski definition) is 4. The van der Waals surface area contributed by atoms with E-state index in [4.69, 9.17) is 16.3 Å². The van der Waals surface area contributed by atoms with Crippen LogP contribution in [0.25, 0.3) is 0 Å². The molecule has 0 spiro atoms. The van der Waals surface area contributed by atoms with Crippen molar-refractivity contribution in [3.8, 4) is 0 Å². The summed E-state index contributed by atoms with van der Waals surface area (Å²) < 4.78 is 5.25. The third-order valence-electron chi connectivity index (χ3n) is 3.72. The molecule has 1 heterocycles. The highest BCUT2D eigenvalue weighted by molar-refractivity contribution is 6.29. The van der Waals surface area contributed by atoms with Crippen LogP contribution in [-0.2, 0) is 4.74 Å². The summed E-state index contributed by atoms with van der Waals surface area (Å²) in [6, 6.07) is 6.80. The second-order valence-corrected chi connectivity index (χ2v) is 5.92. The smallest absolute Gasteiger partial charge is 0.340 e. The first-order chi connectivity index (χ1) is 10.8. The molecule has 0 aliphatic heterocycles. The standard InChI is InChI=1S/C18H18ClNO3/c1-10-7-12(3)15(8-11(10)2)17(21)13(4)23-18(22)14-5-6-16(19)20-9-14/h5-9,13H,1-4H3/t13-/m0/s1. The molecule has 0 aliphatic rings. The molecule has 5 heteroatoms. The Kier molecular flexibility index (Phi) is 5.16. The second kappa shape index (κ2) is 6.92. The molecule has 1 atom stereocenters. The lowest BCUT2D eigenvalue weighted by Gasteiger charge is -2.15. The predicted molar refractivity (Wildman–Crippen MR) is 89.1 cm³/mol. The van der Waals surface area contributed by atoms with Gasteiger partial charge in [-0.1, -0.05) is 17.7 Å². The van der Waals surface area contributed by atoms with E-state index in [9.17, 15) is 9.59 Å². The van der Waals surface area contributed by atoms with Gasteiger partial charge in [-0.3, -0.25) is 4.79 Å². The van der Waals surface area contributed by atoms with Crippen molar-refractivity contribution in [2.24, 2.45) is 0 Å². The minimum Gasteiger partial charge on any atom is -0.451 e. The van der Waals surface area contributed by atoms with Crippen LogP contribution in [0, 0.1) is 20.8 Å². The number of carbonyl (C=O) groups excluding carboxylic acids is 2. The van der Waals surface area contributed by atoms with Crippen LogP contribution in [0.15, 0.2) is 30.5 Å². The summed E-state index contributed by atoms with van der Waals surface area (Å²) in [4.78, 5) is 28.4. The lowest BCUT2D eigenvalue weighted by molar-refractivity contribution is 0.0318. The molecule has 0 radical (unpaired) electrons. The average molecular weight is 332 g/mol. The van der Waals surface area contributed by atoms with Crippen molar-refractivity contribution in [1.82, 2.24) is 4.98 Å². The average Bonchev–Trinajstić information content (AvgIpc) is 2.50. The fraction of sp³-hybridized carbons (Fsp3) is 0.278. The van der Waals surface area contributed by atoms with Gasteiger partial charge in [0.15, 0.2) is 6.10 Å². The van der Waals surface area contributed by atoms with Crippen LogP contribution < -0.4 is 0 Å². The molecule has 4 nitrogen and oxygen atoms in total. The minimum atomic E-state index is -0.876. The highest BCUT2D eigenvalue weighted by atomic mass is 35.5. The van der Waals surface area contributed by atoms with Crippen molar-refractivity contribution in [1.29, 1.82) is 0 Å². The van der Waals surface area contributed by atoms with E-state index < -0.39 is 12.1 Å². The van der Waals surface area contributed by atoms with Crippen molar-refractivity contribution in [2.75, 3.05) is 0 Å². The molecule has 0 amide bonds. The summed E-state index contributed by atoms with van der Waals surface area (Å²) in [5.41, 5.74) is 3.85. The SMILES string of the molecule is Cc1cc(C)c(C(=O)[C@H](C)OC(=O)c2ccc(Cl)nc2)cc1C. The number of ketones is 1. The summed E-state index contributed by atoms with van der Waals surface area (Å²) >= 11 is 5.68. The van der Waals surface area contributed by atoms with Crippen molar-refractivity contribution >= 4 is 23.4 Å². The number of benzene rings is 1. The predicted octanol–water partition coefficient (Wildman–Crippen LogP) is 4.09. The van der Waals surface area contributed by atoms with Crippen molar-refractivity contribution in [3.63, 3.8) is 0 Å². The number of Topliss-reactive ketones (excluding diaryl/α,β-unsaturated/α-hetero) is 1. The minimum absolute atomic E-state index is 0.221. The van der Waals surface area contributed by atoms with Crippen LogP contribution in [0.2, 0.25) is 5.15 Å². The summed E-state index contributed by atoms with van der Waals surface area (Å²) in [6.45, 7) is 7.38. The van der Waals surface area contributed by atoms with Gasteiger partial charge in [-0.05, 0) is 62.6 Å². The van der Waals surface area contributed by atoms with Crippen molar-refractivity contribution in [2.45, 2.75) is 33.8 Å². The van der Waals surface area contributed by atoms with E-state index in [1.165, 1.54) is 18.3 Å². The van der Waals surface area contributed by atoms with E-state index in [1.54, 1.807) is 6.92 Å². The molecule has 1 aromatic carbocycles. The van der Waals surface area contributed by atoms with Crippen LogP contribution in [0.5, 0.6) is 0 Å². The monoisotopic (exact) mass is 331 g/mol. The van der Waals surface area contributed by atoms with Gasteiger partial charge in [0.1, 0.15) is 5.15 Å². The van der Waals surface area contributed by atoms with E-state index in [0.29, 0.717) is 5.56 Å². The molecule has 1 aromatic heterocycles. The van der Waals surface area contributed by atoms with Gasteiger partial charge in [0.25, 0.3) is 0 Å². The van der Waals surface area contributed by atoms with Crippen LogP contribution >= 0.6 is 11.6 Å². The van der Waals surface area contributed by atoms with Gasteiger partial charge in [-0.15, -0.1) is 0 Å². The number of carbonyl (C=O) groups is 2. The Bertz CT molecular complexity index is 754. The third kappa shape index (κ3) is 3.96. The highest BCUT2D eigenvalue weighted by Crippen LogP contribution is 2.18. The van der Waals surface area contributed by atoms with Gasteiger partial charge in [0.05, 0.1) is 5.56 Å². The summed E-state index contributed by atoms with van der Waals surface area (Å²) in [6.07, 6.45) is 0.447. The molecule has 0 aliphatic carbocycles. The zero-order chi connectivity index (χ0) is 17.1. The van der Waals surface area contributed by atoms with E-state index in [-0.39, 0.29) is 16.5 Å².